The number of aromatic nitrogens is 3. The summed E-state index contributed by atoms with van der Waals surface area (Å²) in [4.78, 5) is 34.0. The lowest BCUT2D eigenvalue weighted by molar-refractivity contribution is -0.149. The van der Waals surface area contributed by atoms with E-state index in [-0.39, 0.29) is 23.8 Å². The molecule has 0 unspecified atom stereocenters. The highest BCUT2D eigenvalue weighted by atomic mass is 16.5. The van der Waals surface area contributed by atoms with E-state index in [9.17, 15) is 9.59 Å². The smallest absolute Gasteiger partial charge is 0.312 e. The van der Waals surface area contributed by atoms with Crippen molar-refractivity contribution in [1.82, 2.24) is 19.4 Å². The van der Waals surface area contributed by atoms with Crippen molar-refractivity contribution in [1.29, 1.82) is 0 Å². The van der Waals surface area contributed by atoms with Gasteiger partial charge >= 0.3 is 5.97 Å². The maximum Gasteiger partial charge on any atom is 0.312 e. The topological polar surface area (TPSA) is 77.3 Å². The van der Waals surface area contributed by atoms with Crippen LogP contribution in [0, 0.1) is 5.92 Å². The van der Waals surface area contributed by atoms with Gasteiger partial charge in [-0.05, 0) is 19.9 Å². The Kier molecular flexibility index (Phi) is 3.56. The first-order valence-corrected chi connectivity index (χ1v) is 7.21. The third-order valence-electron chi connectivity index (χ3n) is 3.92. The predicted molar refractivity (Wildman–Crippen MR) is 79.3 cm³/mol. The van der Waals surface area contributed by atoms with E-state index in [0.29, 0.717) is 24.2 Å². The van der Waals surface area contributed by atoms with Gasteiger partial charge in [0.15, 0.2) is 5.65 Å². The average Bonchev–Trinajstić information content (AvgIpc) is 2.88. The van der Waals surface area contributed by atoms with Gasteiger partial charge in [-0.25, -0.2) is 9.97 Å². The van der Waals surface area contributed by atoms with Gasteiger partial charge in [-0.15, -0.1) is 0 Å². The number of carbonyl (C=O) groups is 2. The minimum absolute atomic E-state index is 0.131. The molecule has 0 bridgehead atoms. The number of pyridine rings is 1. The number of rotatable bonds is 3. The molecular weight excluding hydrogens is 284 g/mol. The molecule has 0 atom stereocenters. The third-order valence-corrected chi connectivity index (χ3v) is 3.92. The van der Waals surface area contributed by atoms with Gasteiger partial charge in [0.1, 0.15) is 5.52 Å². The van der Waals surface area contributed by atoms with Crippen LogP contribution in [0.3, 0.4) is 0 Å². The quantitative estimate of drug-likeness (QED) is 0.798. The average molecular weight is 302 g/mol. The van der Waals surface area contributed by atoms with Crippen molar-refractivity contribution >= 4 is 23.0 Å². The fourth-order valence-electron chi connectivity index (χ4n) is 2.56. The number of nitrogens with zero attached hydrogens (tertiary/aromatic N) is 4. The Labute approximate surface area is 127 Å². The van der Waals surface area contributed by atoms with Crippen LogP contribution in [0.4, 0.5) is 0 Å². The molecule has 0 radical (unpaired) electrons. The Hall–Kier alpha value is -2.44. The van der Waals surface area contributed by atoms with E-state index in [4.69, 9.17) is 0 Å². The molecule has 1 aliphatic heterocycles. The molecule has 7 nitrogen and oxygen atoms in total. The number of amides is 1. The zero-order valence-electron chi connectivity index (χ0n) is 12.8. The van der Waals surface area contributed by atoms with Crippen LogP contribution in [0.25, 0.3) is 11.2 Å². The van der Waals surface area contributed by atoms with Crippen LogP contribution < -0.4 is 0 Å². The molecule has 3 rings (SSSR count). The molecule has 0 spiro atoms. The van der Waals surface area contributed by atoms with Crippen LogP contribution in [0.2, 0.25) is 0 Å². The molecule has 0 aliphatic carbocycles. The minimum Gasteiger partial charge on any atom is -0.469 e. The Morgan fingerprint density at radius 2 is 2.05 bits per heavy atom. The molecule has 7 heteroatoms. The summed E-state index contributed by atoms with van der Waals surface area (Å²) in [6.07, 6.45) is 3.30. The van der Waals surface area contributed by atoms with E-state index >= 15 is 0 Å². The lowest BCUT2D eigenvalue weighted by Crippen LogP contribution is -2.53. The highest BCUT2D eigenvalue weighted by Crippen LogP contribution is 2.22. The van der Waals surface area contributed by atoms with E-state index in [1.165, 1.54) is 7.11 Å². The molecule has 1 fully saturated rings. The van der Waals surface area contributed by atoms with Gasteiger partial charge in [0, 0.05) is 25.3 Å². The van der Waals surface area contributed by atoms with E-state index in [2.05, 4.69) is 28.6 Å². The number of esters is 1. The number of hydrogen-bond donors (Lipinski definition) is 0. The van der Waals surface area contributed by atoms with E-state index in [1.807, 2.05) is 4.57 Å². The summed E-state index contributed by atoms with van der Waals surface area (Å²) in [5.41, 5.74) is 1.96. The zero-order valence-corrected chi connectivity index (χ0v) is 12.8. The first kappa shape index (κ1) is 14.5. The summed E-state index contributed by atoms with van der Waals surface area (Å²) in [7, 11) is 1.36. The molecule has 0 saturated carbocycles. The van der Waals surface area contributed by atoms with Crippen molar-refractivity contribution in [2.75, 3.05) is 20.2 Å². The number of fused-ring (bicyclic) bond motifs is 1. The standard InChI is InChI=1S/C15H18N4O3/c1-9(2)19-8-17-12-4-10(5-16-13(12)19)14(20)18-6-11(7-18)15(21)22-3/h4-5,8-9,11H,6-7H2,1-3H3. The van der Waals surface area contributed by atoms with Crippen molar-refractivity contribution in [2.45, 2.75) is 19.9 Å². The first-order chi connectivity index (χ1) is 10.5. The molecule has 2 aromatic rings. The largest absolute Gasteiger partial charge is 0.469 e. The van der Waals surface area contributed by atoms with E-state index in [1.54, 1.807) is 23.5 Å². The Balaban J connectivity index is 1.77. The summed E-state index contributed by atoms with van der Waals surface area (Å²) >= 11 is 0. The number of hydrogen-bond acceptors (Lipinski definition) is 5. The molecular formula is C15H18N4O3. The lowest BCUT2D eigenvalue weighted by Gasteiger charge is -2.37. The van der Waals surface area contributed by atoms with E-state index < -0.39 is 0 Å². The lowest BCUT2D eigenvalue weighted by atomic mass is 9.99. The monoisotopic (exact) mass is 302 g/mol. The number of methoxy groups -OCH3 is 1. The third kappa shape index (κ3) is 2.32. The van der Waals surface area contributed by atoms with Crippen LogP contribution in [0.1, 0.15) is 30.2 Å². The van der Waals surface area contributed by atoms with Crippen LogP contribution in [0.15, 0.2) is 18.6 Å². The fraction of sp³-hybridized carbons (Fsp3) is 0.467. The highest BCUT2D eigenvalue weighted by Gasteiger charge is 2.36. The van der Waals surface area contributed by atoms with Gasteiger partial charge in [-0.3, -0.25) is 9.59 Å². The molecule has 22 heavy (non-hydrogen) atoms. The Morgan fingerprint density at radius 1 is 1.32 bits per heavy atom. The summed E-state index contributed by atoms with van der Waals surface area (Å²) in [5, 5.41) is 0. The molecule has 116 valence electrons. The van der Waals surface area contributed by atoms with Gasteiger partial charge in [-0.1, -0.05) is 0 Å². The summed E-state index contributed by atoms with van der Waals surface area (Å²) in [5.74, 6) is -0.618. The second-order valence-electron chi connectivity index (χ2n) is 5.74. The van der Waals surface area contributed by atoms with Gasteiger partial charge in [0.2, 0.25) is 0 Å². The molecule has 0 N–H and O–H groups in total. The van der Waals surface area contributed by atoms with Crippen molar-refractivity contribution in [3.63, 3.8) is 0 Å². The predicted octanol–water partition coefficient (Wildman–Crippen LogP) is 1.26. The first-order valence-electron chi connectivity index (χ1n) is 7.21. The van der Waals surface area contributed by atoms with Crippen molar-refractivity contribution in [2.24, 2.45) is 5.92 Å². The SMILES string of the molecule is COC(=O)C1CN(C(=O)c2cnc3c(c2)ncn3C(C)C)C1. The number of carbonyl (C=O) groups excluding carboxylic acids is 2. The maximum atomic E-state index is 12.4. The highest BCUT2D eigenvalue weighted by molar-refractivity contribution is 5.97. The number of likely N-dealkylation sites (tertiary alicyclic amines) is 1. The summed E-state index contributed by atoms with van der Waals surface area (Å²) < 4.78 is 6.63. The Morgan fingerprint density at radius 3 is 2.68 bits per heavy atom. The molecule has 2 aromatic heterocycles. The summed E-state index contributed by atoms with van der Waals surface area (Å²) in [6.45, 7) is 4.89. The summed E-state index contributed by atoms with van der Waals surface area (Å²) in [6, 6.07) is 2.00. The van der Waals surface area contributed by atoms with Gasteiger partial charge in [-0.2, -0.15) is 0 Å². The normalized spacial score (nSPS) is 15.2. The second kappa shape index (κ2) is 5.40. The minimum atomic E-state index is -0.270. The Bertz CT molecular complexity index is 731. The van der Waals surface area contributed by atoms with E-state index in [0.717, 1.165) is 5.65 Å². The molecule has 1 aliphatic rings. The van der Waals surface area contributed by atoms with Gasteiger partial charge in [0.25, 0.3) is 5.91 Å². The van der Waals surface area contributed by atoms with Crippen molar-refractivity contribution in [3.05, 3.63) is 24.2 Å². The van der Waals surface area contributed by atoms with Crippen molar-refractivity contribution < 1.29 is 14.3 Å². The van der Waals surface area contributed by atoms with Gasteiger partial charge < -0.3 is 14.2 Å². The molecule has 3 heterocycles. The van der Waals surface area contributed by atoms with Gasteiger partial charge in [0.05, 0.1) is 24.9 Å². The zero-order chi connectivity index (χ0) is 15.9. The van der Waals surface area contributed by atoms with Crippen LogP contribution >= 0.6 is 0 Å². The number of ether oxygens (including phenoxy) is 1. The second-order valence-corrected chi connectivity index (χ2v) is 5.74. The molecule has 1 amide bonds. The van der Waals surface area contributed by atoms with Crippen molar-refractivity contribution in [3.8, 4) is 0 Å². The fourth-order valence-corrected chi connectivity index (χ4v) is 2.56. The molecule has 1 saturated heterocycles. The van der Waals surface area contributed by atoms with Crippen LogP contribution in [-0.2, 0) is 9.53 Å². The number of imidazole rings is 1. The molecule has 0 aromatic carbocycles. The van der Waals surface area contributed by atoms with Crippen LogP contribution in [-0.4, -0.2) is 51.5 Å². The maximum absolute atomic E-state index is 12.4. The van der Waals surface area contributed by atoms with Crippen LogP contribution in [0.5, 0.6) is 0 Å².